The molecule has 6 nitrogen and oxygen atoms in total. The number of nitrogens with two attached hydrogens (primary N) is 2. The third-order valence-corrected chi connectivity index (χ3v) is 2.68. The average Bonchev–Trinajstić information content (AvgIpc) is 2.42. The van der Waals surface area contributed by atoms with Crippen molar-refractivity contribution in [3.8, 4) is 0 Å². The van der Waals surface area contributed by atoms with Crippen LogP contribution in [0.3, 0.4) is 0 Å². The molecular weight excluding hydrogens is 244 g/mol. The highest BCUT2D eigenvalue weighted by Crippen LogP contribution is 2.22. The zero-order valence-corrected chi connectivity index (χ0v) is 9.98. The monoisotopic (exact) mass is 256 g/mol. The first kappa shape index (κ1) is 12.6. The summed E-state index contributed by atoms with van der Waals surface area (Å²) in [5.41, 5.74) is 7.89. The first-order valence-corrected chi connectivity index (χ1v) is 5.51. The van der Waals surface area contributed by atoms with Gasteiger partial charge in [0, 0.05) is 28.9 Å². The number of non-ortho nitro benzene ring substituents is 1. The maximum atomic E-state index is 10.7. The van der Waals surface area contributed by atoms with E-state index >= 15 is 0 Å². The average molecular weight is 256 g/mol. The maximum absolute atomic E-state index is 10.7. The molecule has 2 rings (SSSR count). The third-order valence-electron chi connectivity index (χ3n) is 2.68. The number of hydrogen-bond acceptors (Lipinski definition) is 5. The molecule has 2 aromatic rings. The molecule has 0 amide bonds. The van der Waals surface area contributed by atoms with E-state index in [4.69, 9.17) is 11.6 Å². The summed E-state index contributed by atoms with van der Waals surface area (Å²) in [6, 6.07) is 13.5. The molecule has 2 aromatic carbocycles. The van der Waals surface area contributed by atoms with Gasteiger partial charge in [0.15, 0.2) is 0 Å². The number of anilines is 1. The smallest absolute Gasteiger partial charge is 0.271 e. The van der Waals surface area contributed by atoms with Crippen LogP contribution in [-0.4, -0.2) is 10.6 Å². The van der Waals surface area contributed by atoms with Gasteiger partial charge in [-0.25, -0.2) is 0 Å². The summed E-state index contributed by atoms with van der Waals surface area (Å²) >= 11 is 0. The largest absolute Gasteiger partial charge is 0.398 e. The van der Waals surface area contributed by atoms with Crippen molar-refractivity contribution in [1.82, 2.24) is 0 Å². The Labute approximate surface area is 109 Å². The predicted molar refractivity (Wildman–Crippen MR) is 73.8 cm³/mol. The summed E-state index contributed by atoms with van der Waals surface area (Å²) in [4.78, 5) is 10.2. The van der Waals surface area contributed by atoms with Crippen LogP contribution < -0.4 is 11.6 Å². The van der Waals surface area contributed by atoms with E-state index in [9.17, 15) is 10.1 Å². The van der Waals surface area contributed by atoms with E-state index in [2.05, 4.69) is 5.10 Å². The zero-order chi connectivity index (χ0) is 13.8. The van der Waals surface area contributed by atoms with Gasteiger partial charge in [0.2, 0.25) is 0 Å². The molecule has 0 fully saturated rings. The van der Waals surface area contributed by atoms with Gasteiger partial charge in [-0.05, 0) is 6.07 Å². The van der Waals surface area contributed by atoms with Gasteiger partial charge >= 0.3 is 0 Å². The van der Waals surface area contributed by atoms with Crippen molar-refractivity contribution in [2.75, 3.05) is 5.73 Å². The molecule has 0 aliphatic heterocycles. The minimum atomic E-state index is -0.498. The number of nitrogens with zero attached hydrogens (tertiary/aromatic N) is 2. The lowest BCUT2D eigenvalue weighted by atomic mass is 10.0. The van der Waals surface area contributed by atoms with E-state index in [-0.39, 0.29) is 11.4 Å². The molecule has 0 saturated carbocycles. The van der Waals surface area contributed by atoms with E-state index in [0.29, 0.717) is 11.3 Å². The normalized spacial score (nSPS) is 11.3. The topological polar surface area (TPSA) is 108 Å². The van der Waals surface area contributed by atoms with Crippen molar-refractivity contribution < 1.29 is 4.92 Å². The van der Waals surface area contributed by atoms with E-state index in [1.165, 1.54) is 12.1 Å². The molecule has 4 N–H and O–H groups in total. The second kappa shape index (κ2) is 5.18. The molecule has 0 spiro atoms. The Morgan fingerprint density at radius 3 is 2.37 bits per heavy atom. The Morgan fingerprint density at radius 2 is 1.84 bits per heavy atom. The number of nitro groups is 1. The fourth-order valence-corrected chi connectivity index (χ4v) is 1.77. The molecule has 0 aromatic heterocycles. The van der Waals surface area contributed by atoms with Crippen molar-refractivity contribution in [3.05, 3.63) is 69.8 Å². The zero-order valence-electron chi connectivity index (χ0n) is 9.98. The van der Waals surface area contributed by atoms with Crippen molar-refractivity contribution in [2.45, 2.75) is 0 Å². The molecule has 0 aliphatic rings. The summed E-state index contributed by atoms with van der Waals surface area (Å²) < 4.78 is 0. The Balaban J connectivity index is 2.49. The molecule has 0 aliphatic carbocycles. The van der Waals surface area contributed by atoms with E-state index in [1.807, 2.05) is 30.3 Å². The van der Waals surface area contributed by atoms with Crippen LogP contribution >= 0.6 is 0 Å². The van der Waals surface area contributed by atoms with Crippen LogP contribution in [0, 0.1) is 10.1 Å². The summed E-state index contributed by atoms with van der Waals surface area (Å²) in [7, 11) is 0. The number of nitrogen functional groups attached to an aromatic ring is 1. The van der Waals surface area contributed by atoms with Crippen LogP contribution in [0.15, 0.2) is 53.6 Å². The molecule has 0 saturated heterocycles. The van der Waals surface area contributed by atoms with Gasteiger partial charge in [-0.2, -0.15) is 5.10 Å². The summed E-state index contributed by atoms with van der Waals surface area (Å²) in [5.74, 6) is 5.40. The van der Waals surface area contributed by atoms with Crippen LogP contribution in [0.1, 0.15) is 11.1 Å². The number of hydrazone groups is 1. The molecular formula is C13H12N4O2. The van der Waals surface area contributed by atoms with Gasteiger partial charge in [0.25, 0.3) is 5.69 Å². The second-order valence-electron chi connectivity index (χ2n) is 3.87. The Kier molecular flexibility index (Phi) is 3.42. The second-order valence-corrected chi connectivity index (χ2v) is 3.87. The third kappa shape index (κ3) is 2.52. The van der Waals surface area contributed by atoms with Crippen LogP contribution in [0.25, 0.3) is 0 Å². The van der Waals surface area contributed by atoms with Crippen molar-refractivity contribution in [1.29, 1.82) is 0 Å². The lowest BCUT2D eigenvalue weighted by Crippen LogP contribution is -2.09. The number of rotatable bonds is 3. The molecule has 96 valence electrons. The van der Waals surface area contributed by atoms with Crippen molar-refractivity contribution >= 4 is 17.1 Å². The molecule has 0 unspecified atom stereocenters. The van der Waals surface area contributed by atoms with Gasteiger partial charge in [-0.3, -0.25) is 10.1 Å². The van der Waals surface area contributed by atoms with Gasteiger partial charge in [0.1, 0.15) is 0 Å². The van der Waals surface area contributed by atoms with Crippen LogP contribution in [0.2, 0.25) is 0 Å². The lowest BCUT2D eigenvalue weighted by molar-refractivity contribution is -0.384. The minimum Gasteiger partial charge on any atom is -0.398 e. The first-order valence-electron chi connectivity index (χ1n) is 5.51. The first-order chi connectivity index (χ1) is 9.13. The Hall–Kier alpha value is -2.89. The quantitative estimate of drug-likeness (QED) is 0.287. The van der Waals surface area contributed by atoms with Crippen LogP contribution in [-0.2, 0) is 0 Å². The Morgan fingerprint density at radius 1 is 1.16 bits per heavy atom. The Bertz CT molecular complexity index is 638. The van der Waals surface area contributed by atoms with Crippen molar-refractivity contribution in [2.24, 2.45) is 10.9 Å². The van der Waals surface area contributed by atoms with Crippen LogP contribution in [0.5, 0.6) is 0 Å². The number of nitro benzene ring substituents is 1. The number of benzene rings is 2. The highest BCUT2D eigenvalue weighted by Gasteiger charge is 2.14. The molecule has 0 bridgehead atoms. The standard InChI is InChI=1S/C13H12N4O2/c14-12-8-10(17(18)19)6-7-11(12)13(16-15)9-4-2-1-3-5-9/h1-8H,14-15H2. The van der Waals surface area contributed by atoms with Gasteiger partial charge in [-0.1, -0.05) is 30.3 Å². The van der Waals surface area contributed by atoms with E-state index < -0.39 is 4.92 Å². The lowest BCUT2D eigenvalue weighted by Gasteiger charge is -2.08. The SMILES string of the molecule is NN=C(c1ccccc1)c1ccc([N+](=O)[O-])cc1N. The van der Waals surface area contributed by atoms with Crippen molar-refractivity contribution in [3.63, 3.8) is 0 Å². The molecule has 0 heterocycles. The summed E-state index contributed by atoms with van der Waals surface area (Å²) in [6.45, 7) is 0. The van der Waals surface area contributed by atoms with Gasteiger partial charge < -0.3 is 11.6 Å². The van der Waals surface area contributed by atoms with E-state index in [0.717, 1.165) is 5.56 Å². The van der Waals surface area contributed by atoms with Gasteiger partial charge in [0.05, 0.1) is 10.6 Å². The van der Waals surface area contributed by atoms with Crippen LogP contribution in [0.4, 0.5) is 11.4 Å². The van der Waals surface area contributed by atoms with E-state index in [1.54, 1.807) is 6.07 Å². The molecule has 0 atom stereocenters. The predicted octanol–water partition coefficient (Wildman–Crippen LogP) is 1.89. The molecule has 19 heavy (non-hydrogen) atoms. The maximum Gasteiger partial charge on any atom is 0.271 e. The molecule has 0 radical (unpaired) electrons. The summed E-state index contributed by atoms with van der Waals surface area (Å²) in [6.07, 6.45) is 0. The molecule has 6 heteroatoms. The number of hydrogen-bond donors (Lipinski definition) is 2. The minimum absolute atomic E-state index is 0.0642. The fraction of sp³-hybridized carbons (Fsp3) is 0. The summed E-state index contributed by atoms with van der Waals surface area (Å²) in [5, 5.41) is 14.4. The highest BCUT2D eigenvalue weighted by molar-refractivity contribution is 6.15. The fourth-order valence-electron chi connectivity index (χ4n) is 1.77. The van der Waals surface area contributed by atoms with Gasteiger partial charge in [-0.15, -0.1) is 0 Å². The highest BCUT2D eigenvalue weighted by atomic mass is 16.6.